The van der Waals surface area contributed by atoms with Gasteiger partial charge >= 0.3 is 12.1 Å². The van der Waals surface area contributed by atoms with Crippen molar-refractivity contribution in [3.8, 4) is 0 Å². The van der Waals surface area contributed by atoms with Gasteiger partial charge in [0.05, 0.1) is 12.2 Å². The lowest BCUT2D eigenvalue weighted by Crippen LogP contribution is -2.43. The Morgan fingerprint density at radius 3 is 2.70 bits per heavy atom. The molecular formula is C17H25NO4S. The Morgan fingerprint density at radius 2 is 2.09 bits per heavy atom. The van der Waals surface area contributed by atoms with E-state index in [0.717, 1.165) is 24.8 Å². The second kappa shape index (κ2) is 6.91. The van der Waals surface area contributed by atoms with Gasteiger partial charge in [-0.05, 0) is 46.1 Å². The Bertz CT molecular complexity index is 588. The number of carbonyl (C=O) groups is 2. The number of likely N-dealkylation sites (N-methyl/N-ethyl adjacent to an activating group) is 1. The number of amides is 1. The molecule has 0 fully saturated rings. The molecule has 1 atom stereocenters. The van der Waals surface area contributed by atoms with Crippen LogP contribution in [0.1, 0.15) is 54.9 Å². The molecule has 0 bridgehead atoms. The molecule has 128 valence electrons. The number of ether oxygens (including phenoxy) is 2. The first-order valence-electron chi connectivity index (χ1n) is 7.95. The van der Waals surface area contributed by atoms with E-state index in [1.165, 1.54) is 4.88 Å². The highest BCUT2D eigenvalue weighted by Gasteiger charge is 2.31. The molecule has 0 N–H and O–H groups in total. The number of hydrogen-bond donors (Lipinski definition) is 0. The third kappa shape index (κ3) is 4.25. The summed E-state index contributed by atoms with van der Waals surface area (Å²) in [6.45, 7) is 7.78. The molecule has 0 spiro atoms. The molecular weight excluding hydrogens is 314 g/mol. The van der Waals surface area contributed by atoms with Gasteiger partial charge in [0.25, 0.3) is 0 Å². The van der Waals surface area contributed by atoms with Crippen LogP contribution in [0.15, 0.2) is 5.38 Å². The minimum Gasteiger partial charge on any atom is -0.462 e. The molecule has 0 saturated carbocycles. The van der Waals surface area contributed by atoms with Crippen LogP contribution in [-0.2, 0) is 22.3 Å². The molecule has 1 aromatic rings. The molecule has 23 heavy (non-hydrogen) atoms. The standard InChI is InChI=1S/C17H25NO4S/c1-6-21-15(19)13-10-23-14-9-11(7-8-12(13)14)18(5)16(20)22-17(2,3)4/h10-11H,6-9H2,1-5H3. The molecule has 2 rings (SSSR count). The van der Waals surface area contributed by atoms with Crippen LogP contribution in [0, 0.1) is 0 Å². The van der Waals surface area contributed by atoms with Gasteiger partial charge in [-0.25, -0.2) is 9.59 Å². The molecule has 0 aliphatic heterocycles. The predicted molar refractivity (Wildman–Crippen MR) is 90.1 cm³/mol. The molecule has 1 aliphatic carbocycles. The smallest absolute Gasteiger partial charge is 0.410 e. The van der Waals surface area contributed by atoms with Gasteiger partial charge in [-0.2, -0.15) is 0 Å². The van der Waals surface area contributed by atoms with E-state index in [1.54, 1.807) is 23.3 Å². The average molecular weight is 339 g/mol. The number of esters is 1. The van der Waals surface area contributed by atoms with Crippen LogP contribution < -0.4 is 0 Å². The third-order valence-corrected chi connectivity index (χ3v) is 4.91. The van der Waals surface area contributed by atoms with E-state index in [2.05, 4.69) is 0 Å². The van der Waals surface area contributed by atoms with Gasteiger partial charge in [0, 0.05) is 29.8 Å². The van der Waals surface area contributed by atoms with E-state index in [9.17, 15) is 9.59 Å². The first-order valence-corrected chi connectivity index (χ1v) is 8.83. The Labute approximate surface area is 141 Å². The topological polar surface area (TPSA) is 55.8 Å². The largest absolute Gasteiger partial charge is 0.462 e. The number of hydrogen-bond acceptors (Lipinski definition) is 5. The summed E-state index contributed by atoms with van der Waals surface area (Å²) in [4.78, 5) is 27.0. The molecule has 1 amide bonds. The highest BCUT2D eigenvalue weighted by atomic mass is 32.1. The SMILES string of the molecule is CCOC(=O)c1csc2c1CCC(N(C)C(=O)OC(C)(C)C)C2. The van der Waals surface area contributed by atoms with Crippen LogP contribution in [0.3, 0.4) is 0 Å². The molecule has 1 unspecified atom stereocenters. The fourth-order valence-corrected chi connectivity index (χ4v) is 3.83. The van der Waals surface area contributed by atoms with E-state index in [4.69, 9.17) is 9.47 Å². The van der Waals surface area contributed by atoms with Crippen molar-refractivity contribution >= 4 is 23.4 Å². The zero-order valence-electron chi connectivity index (χ0n) is 14.5. The van der Waals surface area contributed by atoms with Gasteiger partial charge in [0.2, 0.25) is 0 Å². The summed E-state index contributed by atoms with van der Waals surface area (Å²) in [7, 11) is 1.78. The Kier molecular flexibility index (Phi) is 5.34. The van der Waals surface area contributed by atoms with E-state index < -0.39 is 5.60 Å². The van der Waals surface area contributed by atoms with E-state index in [-0.39, 0.29) is 18.1 Å². The lowest BCUT2D eigenvalue weighted by molar-refractivity contribution is 0.0210. The lowest BCUT2D eigenvalue weighted by Gasteiger charge is -2.33. The van der Waals surface area contributed by atoms with Crippen molar-refractivity contribution in [3.05, 3.63) is 21.4 Å². The summed E-state index contributed by atoms with van der Waals surface area (Å²) in [6.07, 6.45) is 2.07. The summed E-state index contributed by atoms with van der Waals surface area (Å²) in [5, 5.41) is 1.87. The second-order valence-corrected chi connectivity index (χ2v) is 7.72. The number of carbonyl (C=O) groups excluding carboxylic acids is 2. The summed E-state index contributed by atoms with van der Waals surface area (Å²) in [5.41, 5.74) is 1.28. The van der Waals surface area contributed by atoms with Crippen molar-refractivity contribution in [1.82, 2.24) is 4.90 Å². The summed E-state index contributed by atoms with van der Waals surface area (Å²) in [5.74, 6) is -0.246. The normalized spacial score (nSPS) is 17.3. The summed E-state index contributed by atoms with van der Waals surface area (Å²) < 4.78 is 10.5. The van der Waals surface area contributed by atoms with Gasteiger partial charge in [-0.1, -0.05) is 0 Å². The number of fused-ring (bicyclic) bond motifs is 1. The van der Waals surface area contributed by atoms with Crippen LogP contribution in [0.4, 0.5) is 4.79 Å². The molecule has 6 heteroatoms. The average Bonchev–Trinajstić information content (AvgIpc) is 2.87. The van der Waals surface area contributed by atoms with Crippen molar-refractivity contribution in [2.45, 2.75) is 58.6 Å². The van der Waals surface area contributed by atoms with E-state index >= 15 is 0 Å². The highest BCUT2D eigenvalue weighted by molar-refractivity contribution is 7.10. The van der Waals surface area contributed by atoms with Gasteiger partial charge in [-0.15, -0.1) is 11.3 Å². The number of rotatable bonds is 3. The number of nitrogens with zero attached hydrogens (tertiary/aromatic N) is 1. The van der Waals surface area contributed by atoms with Gasteiger partial charge in [-0.3, -0.25) is 0 Å². The van der Waals surface area contributed by atoms with Crippen molar-refractivity contribution in [2.24, 2.45) is 0 Å². The molecule has 0 saturated heterocycles. The Hall–Kier alpha value is -1.56. The van der Waals surface area contributed by atoms with Crippen LogP contribution in [0.2, 0.25) is 0 Å². The quantitative estimate of drug-likeness (QED) is 0.789. The van der Waals surface area contributed by atoms with E-state index in [0.29, 0.717) is 12.2 Å². The minimum atomic E-state index is -0.495. The fraction of sp³-hybridized carbons (Fsp3) is 0.647. The maximum atomic E-state index is 12.2. The monoisotopic (exact) mass is 339 g/mol. The lowest BCUT2D eigenvalue weighted by atomic mass is 9.91. The molecule has 0 aromatic carbocycles. The van der Waals surface area contributed by atoms with Gasteiger partial charge < -0.3 is 14.4 Å². The second-order valence-electron chi connectivity index (χ2n) is 6.76. The van der Waals surface area contributed by atoms with Crippen molar-refractivity contribution < 1.29 is 19.1 Å². The summed E-state index contributed by atoms with van der Waals surface area (Å²) in [6, 6.07) is 0.103. The van der Waals surface area contributed by atoms with E-state index in [1.807, 2.05) is 33.1 Å². The van der Waals surface area contributed by atoms with Gasteiger partial charge in [0.1, 0.15) is 5.60 Å². The molecule has 1 aromatic heterocycles. The zero-order chi connectivity index (χ0) is 17.2. The maximum Gasteiger partial charge on any atom is 0.410 e. The summed E-state index contributed by atoms with van der Waals surface area (Å²) >= 11 is 1.57. The maximum absolute atomic E-state index is 12.2. The minimum absolute atomic E-state index is 0.103. The van der Waals surface area contributed by atoms with Crippen molar-refractivity contribution in [1.29, 1.82) is 0 Å². The fourth-order valence-electron chi connectivity index (χ4n) is 2.69. The molecule has 5 nitrogen and oxygen atoms in total. The number of thiophene rings is 1. The van der Waals surface area contributed by atoms with Crippen LogP contribution in [0.5, 0.6) is 0 Å². The first-order chi connectivity index (χ1) is 10.7. The Balaban J connectivity index is 2.06. The predicted octanol–water partition coefficient (Wildman–Crippen LogP) is 3.65. The van der Waals surface area contributed by atoms with Crippen LogP contribution in [0.25, 0.3) is 0 Å². The zero-order valence-corrected chi connectivity index (χ0v) is 15.3. The molecule has 0 radical (unpaired) electrons. The third-order valence-electron chi connectivity index (χ3n) is 3.85. The molecule has 1 heterocycles. The Morgan fingerprint density at radius 1 is 1.39 bits per heavy atom. The van der Waals surface area contributed by atoms with Gasteiger partial charge in [0.15, 0.2) is 0 Å². The molecule has 1 aliphatic rings. The van der Waals surface area contributed by atoms with Crippen molar-refractivity contribution in [3.63, 3.8) is 0 Å². The first kappa shape index (κ1) is 17.8. The van der Waals surface area contributed by atoms with Crippen LogP contribution >= 0.6 is 11.3 Å². The van der Waals surface area contributed by atoms with Crippen LogP contribution in [-0.4, -0.2) is 42.3 Å². The highest BCUT2D eigenvalue weighted by Crippen LogP contribution is 2.32. The van der Waals surface area contributed by atoms with Crippen molar-refractivity contribution in [2.75, 3.05) is 13.7 Å².